The Hall–Kier alpha value is -3.12. The van der Waals surface area contributed by atoms with Crippen LogP contribution in [0.15, 0.2) is 60.7 Å². The van der Waals surface area contributed by atoms with Gasteiger partial charge in [0.15, 0.2) is 0 Å². The molecule has 6 heteroatoms. The van der Waals surface area contributed by atoms with Crippen molar-refractivity contribution in [3.63, 3.8) is 0 Å². The number of carbonyl (C=O) groups excluding carboxylic acids is 1. The van der Waals surface area contributed by atoms with E-state index < -0.39 is 6.09 Å². The number of nitrogens with zero attached hydrogens (tertiary/aromatic N) is 2. The maximum atomic E-state index is 14.0. The van der Waals surface area contributed by atoms with Gasteiger partial charge in [-0.1, -0.05) is 36.8 Å². The monoisotopic (exact) mass is 464 g/mol. The van der Waals surface area contributed by atoms with Crippen molar-refractivity contribution >= 4 is 16.9 Å². The summed E-state index contributed by atoms with van der Waals surface area (Å²) in [6.45, 7) is 6.63. The molecule has 0 aliphatic carbocycles. The van der Waals surface area contributed by atoms with Crippen LogP contribution in [-0.2, 0) is 6.54 Å². The number of hydrogen-bond acceptors (Lipinski definition) is 4. The number of fused-ring (bicyclic) bond motifs is 1. The molecule has 0 N–H and O–H groups in total. The molecule has 1 saturated heterocycles. The lowest BCUT2D eigenvalue weighted by Gasteiger charge is -2.26. The van der Waals surface area contributed by atoms with Crippen molar-refractivity contribution in [3.8, 4) is 11.5 Å². The van der Waals surface area contributed by atoms with Gasteiger partial charge in [-0.25, -0.2) is 9.18 Å². The van der Waals surface area contributed by atoms with E-state index in [0.717, 1.165) is 29.5 Å². The summed E-state index contributed by atoms with van der Waals surface area (Å²) in [5, 5.41) is 1.98. The van der Waals surface area contributed by atoms with E-state index in [1.54, 1.807) is 24.3 Å². The lowest BCUT2D eigenvalue weighted by Crippen LogP contribution is -2.33. The van der Waals surface area contributed by atoms with Gasteiger partial charge < -0.3 is 19.3 Å². The fourth-order valence-electron chi connectivity index (χ4n) is 4.32. The van der Waals surface area contributed by atoms with Crippen molar-refractivity contribution < 1.29 is 18.7 Å². The molecule has 0 bridgehead atoms. The van der Waals surface area contributed by atoms with Crippen molar-refractivity contribution in [3.05, 3.63) is 72.0 Å². The van der Waals surface area contributed by atoms with E-state index in [4.69, 9.17) is 9.47 Å². The number of likely N-dealkylation sites (tertiary alicyclic amines) is 1. The van der Waals surface area contributed by atoms with Gasteiger partial charge in [0.05, 0.1) is 13.2 Å². The molecule has 3 aromatic carbocycles. The molecule has 0 radical (unpaired) electrons. The average molecular weight is 465 g/mol. The average Bonchev–Trinajstić information content (AvgIpc) is 2.86. The lowest BCUT2D eigenvalue weighted by atomic mass is 10.1. The third-order valence-electron chi connectivity index (χ3n) is 6.28. The molecule has 1 aliphatic rings. The minimum absolute atomic E-state index is 0.161. The SMILES string of the molecule is CCN(Cc1ccccc1F)C(=O)Oc1ccc2cc(OCCCN3CCCCC3)ccc2c1. The first kappa shape index (κ1) is 24.0. The summed E-state index contributed by atoms with van der Waals surface area (Å²) in [5.41, 5.74) is 0.461. The topological polar surface area (TPSA) is 42.0 Å². The van der Waals surface area contributed by atoms with Crippen LogP contribution in [0.1, 0.15) is 38.2 Å². The highest BCUT2D eigenvalue weighted by Gasteiger charge is 2.16. The molecule has 1 heterocycles. The molecule has 0 aromatic heterocycles. The molecule has 0 spiro atoms. The fraction of sp³-hybridized carbons (Fsp3) is 0.393. The first-order valence-corrected chi connectivity index (χ1v) is 12.2. The Morgan fingerprint density at radius 2 is 1.68 bits per heavy atom. The van der Waals surface area contributed by atoms with Crippen molar-refractivity contribution in [2.75, 3.05) is 32.8 Å². The highest BCUT2D eigenvalue weighted by atomic mass is 19.1. The Balaban J connectivity index is 1.31. The number of piperidine rings is 1. The largest absolute Gasteiger partial charge is 0.494 e. The van der Waals surface area contributed by atoms with Gasteiger partial charge in [0, 0.05) is 18.7 Å². The third-order valence-corrected chi connectivity index (χ3v) is 6.28. The summed E-state index contributed by atoms with van der Waals surface area (Å²) >= 11 is 0. The standard InChI is InChI=1S/C28H33FN2O3/c1-2-31(21-24-9-4-5-10-27(24)29)28(32)34-26-14-12-22-19-25(13-11-23(22)20-26)33-18-8-17-30-15-6-3-7-16-30/h4-5,9-14,19-20H,2-3,6-8,15-18,21H2,1H3. The molecule has 1 amide bonds. The van der Waals surface area contributed by atoms with E-state index in [1.807, 2.05) is 37.3 Å². The predicted molar refractivity (Wildman–Crippen MR) is 133 cm³/mol. The molecular weight excluding hydrogens is 431 g/mol. The Labute approximate surface area is 201 Å². The van der Waals surface area contributed by atoms with Gasteiger partial charge >= 0.3 is 6.09 Å². The van der Waals surface area contributed by atoms with E-state index >= 15 is 0 Å². The van der Waals surface area contributed by atoms with E-state index in [9.17, 15) is 9.18 Å². The first-order chi connectivity index (χ1) is 16.6. The normalized spacial score (nSPS) is 14.2. The summed E-state index contributed by atoms with van der Waals surface area (Å²) < 4.78 is 25.5. The molecule has 1 fully saturated rings. The molecule has 0 atom stereocenters. The minimum Gasteiger partial charge on any atom is -0.494 e. The Morgan fingerprint density at radius 3 is 2.41 bits per heavy atom. The number of ether oxygens (including phenoxy) is 2. The van der Waals surface area contributed by atoms with Crippen molar-refractivity contribution in [1.29, 1.82) is 0 Å². The molecule has 0 unspecified atom stereocenters. The minimum atomic E-state index is -0.501. The van der Waals surface area contributed by atoms with Gasteiger partial charge in [0.25, 0.3) is 0 Å². The number of hydrogen-bond donors (Lipinski definition) is 0. The maximum absolute atomic E-state index is 14.0. The highest BCUT2D eigenvalue weighted by molar-refractivity contribution is 5.86. The zero-order chi connectivity index (χ0) is 23.8. The number of halogens is 1. The summed E-state index contributed by atoms with van der Waals surface area (Å²) in [6.07, 6.45) is 4.50. The third kappa shape index (κ3) is 6.48. The Kier molecular flexibility index (Phi) is 8.36. The van der Waals surface area contributed by atoms with Crippen LogP contribution in [0, 0.1) is 5.82 Å². The summed E-state index contributed by atoms with van der Waals surface area (Å²) in [7, 11) is 0. The van der Waals surface area contributed by atoms with Crippen LogP contribution in [0.3, 0.4) is 0 Å². The van der Waals surface area contributed by atoms with E-state index in [-0.39, 0.29) is 12.4 Å². The van der Waals surface area contributed by atoms with E-state index in [2.05, 4.69) is 4.90 Å². The summed E-state index contributed by atoms with van der Waals surface area (Å²) in [5.74, 6) is 0.974. The predicted octanol–water partition coefficient (Wildman–Crippen LogP) is 6.25. The fourth-order valence-corrected chi connectivity index (χ4v) is 4.32. The summed E-state index contributed by atoms with van der Waals surface area (Å²) in [4.78, 5) is 16.7. The van der Waals surface area contributed by atoms with Crippen LogP contribution in [-0.4, -0.2) is 48.7 Å². The number of amides is 1. The number of rotatable bonds is 9. The smallest absolute Gasteiger partial charge is 0.415 e. The Morgan fingerprint density at radius 1 is 0.971 bits per heavy atom. The van der Waals surface area contributed by atoms with Crippen molar-refractivity contribution in [1.82, 2.24) is 9.80 Å². The second-order valence-corrected chi connectivity index (χ2v) is 8.75. The molecule has 1 aliphatic heterocycles. The van der Waals surface area contributed by atoms with Crippen LogP contribution < -0.4 is 9.47 Å². The quantitative estimate of drug-likeness (QED) is 0.351. The van der Waals surface area contributed by atoms with Gasteiger partial charge in [0.2, 0.25) is 0 Å². The molecular formula is C28H33FN2O3. The zero-order valence-electron chi connectivity index (χ0n) is 19.8. The van der Waals surface area contributed by atoms with E-state index in [1.165, 1.54) is 43.3 Å². The van der Waals surface area contributed by atoms with Crippen LogP contribution in [0.5, 0.6) is 11.5 Å². The molecule has 3 aromatic rings. The number of benzene rings is 3. The molecule has 0 saturated carbocycles. The van der Waals surface area contributed by atoms with Crippen LogP contribution in [0.4, 0.5) is 9.18 Å². The van der Waals surface area contributed by atoms with Crippen LogP contribution in [0.2, 0.25) is 0 Å². The second-order valence-electron chi connectivity index (χ2n) is 8.75. The first-order valence-electron chi connectivity index (χ1n) is 12.2. The van der Waals surface area contributed by atoms with Crippen molar-refractivity contribution in [2.24, 2.45) is 0 Å². The van der Waals surface area contributed by atoms with Gasteiger partial charge in [-0.2, -0.15) is 0 Å². The van der Waals surface area contributed by atoms with Gasteiger partial charge in [-0.15, -0.1) is 0 Å². The van der Waals surface area contributed by atoms with Gasteiger partial charge in [0.1, 0.15) is 17.3 Å². The zero-order valence-corrected chi connectivity index (χ0v) is 19.8. The van der Waals surface area contributed by atoms with Gasteiger partial charge in [-0.3, -0.25) is 0 Å². The van der Waals surface area contributed by atoms with Gasteiger partial charge in [-0.05, 0) is 80.4 Å². The van der Waals surface area contributed by atoms with E-state index in [0.29, 0.717) is 24.5 Å². The molecule has 34 heavy (non-hydrogen) atoms. The summed E-state index contributed by atoms with van der Waals surface area (Å²) in [6, 6.07) is 17.9. The lowest BCUT2D eigenvalue weighted by molar-refractivity contribution is 0.151. The maximum Gasteiger partial charge on any atom is 0.415 e. The molecule has 180 valence electrons. The Bertz CT molecular complexity index is 1100. The second kappa shape index (κ2) is 11.8. The van der Waals surface area contributed by atoms with Crippen LogP contribution >= 0.6 is 0 Å². The highest BCUT2D eigenvalue weighted by Crippen LogP contribution is 2.26. The number of carbonyl (C=O) groups is 1. The molecule has 5 nitrogen and oxygen atoms in total. The van der Waals surface area contributed by atoms with Crippen molar-refractivity contribution in [2.45, 2.75) is 39.2 Å². The molecule has 4 rings (SSSR count). The van der Waals surface area contributed by atoms with Crippen LogP contribution in [0.25, 0.3) is 10.8 Å².